The molecule has 29 heavy (non-hydrogen) atoms. The molecule has 0 unspecified atom stereocenters. The third kappa shape index (κ3) is 4.96. The molecular formula is C20H17F6N3. The number of aromatic amines is 1. The van der Waals surface area contributed by atoms with Gasteiger partial charge in [0.25, 0.3) is 0 Å². The molecule has 3 nitrogen and oxygen atoms in total. The highest BCUT2D eigenvalue weighted by Crippen LogP contribution is 2.35. The summed E-state index contributed by atoms with van der Waals surface area (Å²) in [5.74, 6) is 0. The van der Waals surface area contributed by atoms with Crippen molar-refractivity contribution in [2.45, 2.75) is 38.5 Å². The van der Waals surface area contributed by atoms with E-state index in [-0.39, 0.29) is 17.1 Å². The van der Waals surface area contributed by atoms with Crippen molar-refractivity contribution in [2.24, 2.45) is 0 Å². The van der Waals surface area contributed by atoms with E-state index >= 15 is 0 Å². The van der Waals surface area contributed by atoms with Gasteiger partial charge in [-0.2, -0.15) is 31.4 Å². The topological polar surface area (TPSA) is 41.6 Å². The van der Waals surface area contributed by atoms with Crippen LogP contribution in [0.4, 0.5) is 26.3 Å². The Morgan fingerprint density at radius 1 is 0.862 bits per heavy atom. The van der Waals surface area contributed by atoms with Crippen LogP contribution >= 0.6 is 0 Å². The number of nitrogens with zero attached hydrogens (tertiary/aromatic N) is 2. The highest BCUT2D eigenvalue weighted by molar-refractivity contribution is 5.66. The Kier molecular flexibility index (Phi) is 5.68. The Morgan fingerprint density at radius 3 is 2.07 bits per heavy atom. The first kappa shape index (κ1) is 20.9. The number of H-pyrrole nitrogens is 1. The summed E-state index contributed by atoms with van der Waals surface area (Å²) in [6.07, 6.45) is -6.53. The third-order valence-corrected chi connectivity index (χ3v) is 4.37. The molecule has 3 aromatic rings. The zero-order valence-corrected chi connectivity index (χ0v) is 15.3. The standard InChI is InChI=1S/C20H17F6N3/c1-2-3-4-12-5-7-13(8-6-12)15-9-14(19(21,22)23)10-16(27-15)17-11-18(29-28-17)20(24,25)26/h5-11H,2-4H2,1H3,(H,28,29). The maximum absolute atomic E-state index is 13.3. The number of unbranched alkanes of at least 4 members (excludes halogenated alkanes) is 1. The van der Waals surface area contributed by atoms with Crippen LogP contribution in [-0.4, -0.2) is 15.2 Å². The predicted molar refractivity (Wildman–Crippen MR) is 95.9 cm³/mol. The Morgan fingerprint density at radius 2 is 1.52 bits per heavy atom. The van der Waals surface area contributed by atoms with Crippen molar-refractivity contribution in [2.75, 3.05) is 0 Å². The monoisotopic (exact) mass is 413 g/mol. The number of hydrogen-bond acceptors (Lipinski definition) is 2. The largest absolute Gasteiger partial charge is 0.435 e. The number of hydrogen-bond donors (Lipinski definition) is 1. The molecule has 9 heteroatoms. The first-order chi connectivity index (χ1) is 13.6. The summed E-state index contributed by atoms with van der Waals surface area (Å²) in [4.78, 5) is 4.14. The number of rotatable bonds is 5. The van der Waals surface area contributed by atoms with Gasteiger partial charge in [0.05, 0.1) is 22.6 Å². The van der Waals surface area contributed by atoms with Crippen LogP contribution in [0.1, 0.15) is 36.6 Å². The Hall–Kier alpha value is -2.84. The molecule has 0 fully saturated rings. The molecule has 0 atom stereocenters. The number of nitrogens with one attached hydrogen (secondary N) is 1. The average molecular weight is 413 g/mol. The van der Waals surface area contributed by atoms with Crippen LogP contribution in [-0.2, 0) is 18.8 Å². The first-order valence-corrected chi connectivity index (χ1v) is 8.89. The van der Waals surface area contributed by atoms with Crippen LogP contribution in [0.2, 0.25) is 0 Å². The average Bonchev–Trinajstić information content (AvgIpc) is 3.16. The molecule has 0 saturated heterocycles. The predicted octanol–water partition coefficient (Wildman–Crippen LogP) is 6.52. The van der Waals surface area contributed by atoms with Crippen LogP contribution in [0.5, 0.6) is 0 Å². The van der Waals surface area contributed by atoms with Crippen molar-refractivity contribution in [3.8, 4) is 22.6 Å². The molecule has 0 spiro atoms. The second-order valence-corrected chi connectivity index (χ2v) is 6.59. The van der Waals surface area contributed by atoms with Gasteiger partial charge in [0.2, 0.25) is 0 Å². The van der Waals surface area contributed by atoms with Crippen LogP contribution in [0.3, 0.4) is 0 Å². The minimum Gasteiger partial charge on any atom is -0.276 e. The number of aryl methyl sites for hydroxylation is 1. The number of benzene rings is 1. The summed E-state index contributed by atoms with van der Waals surface area (Å²) < 4.78 is 78.4. The fourth-order valence-corrected chi connectivity index (χ4v) is 2.80. The van der Waals surface area contributed by atoms with Crippen LogP contribution in [0, 0.1) is 0 Å². The summed E-state index contributed by atoms with van der Waals surface area (Å²) in [6, 6.07) is 9.16. The quantitative estimate of drug-likeness (QED) is 0.484. The Labute approximate surface area is 162 Å². The fraction of sp³-hybridized carbons (Fsp3) is 0.300. The zero-order valence-electron chi connectivity index (χ0n) is 15.3. The first-order valence-electron chi connectivity index (χ1n) is 8.89. The van der Waals surface area contributed by atoms with E-state index in [4.69, 9.17) is 0 Å². The van der Waals surface area contributed by atoms with Crippen LogP contribution in [0.15, 0.2) is 42.5 Å². The van der Waals surface area contributed by atoms with Crippen molar-refractivity contribution in [1.29, 1.82) is 0 Å². The van der Waals surface area contributed by atoms with Crippen molar-refractivity contribution in [3.05, 3.63) is 59.3 Å². The van der Waals surface area contributed by atoms with Crippen molar-refractivity contribution in [3.63, 3.8) is 0 Å². The van der Waals surface area contributed by atoms with E-state index in [1.807, 2.05) is 12.1 Å². The van der Waals surface area contributed by atoms with Gasteiger partial charge in [-0.25, -0.2) is 4.98 Å². The van der Waals surface area contributed by atoms with Crippen LogP contribution < -0.4 is 0 Å². The van der Waals surface area contributed by atoms with E-state index in [1.54, 1.807) is 12.1 Å². The minimum absolute atomic E-state index is 0.0139. The van der Waals surface area contributed by atoms with E-state index in [0.29, 0.717) is 17.7 Å². The molecule has 1 N–H and O–H groups in total. The molecule has 0 aliphatic rings. The maximum atomic E-state index is 13.3. The highest BCUT2D eigenvalue weighted by atomic mass is 19.4. The van der Waals surface area contributed by atoms with Gasteiger partial charge in [0, 0.05) is 5.56 Å². The van der Waals surface area contributed by atoms with Gasteiger partial charge in [-0.3, -0.25) is 5.10 Å². The Balaban J connectivity index is 2.04. The van der Waals surface area contributed by atoms with E-state index in [2.05, 4.69) is 22.1 Å². The zero-order chi connectivity index (χ0) is 21.2. The van der Waals surface area contributed by atoms with Gasteiger partial charge >= 0.3 is 12.4 Å². The molecular weight excluding hydrogens is 396 g/mol. The lowest BCUT2D eigenvalue weighted by atomic mass is 10.0. The molecule has 154 valence electrons. The molecule has 1 aromatic carbocycles. The van der Waals surface area contributed by atoms with E-state index < -0.39 is 23.6 Å². The summed E-state index contributed by atoms with van der Waals surface area (Å²) in [6.45, 7) is 2.06. The van der Waals surface area contributed by atoms with Gasteiger partial charge in [0.15, 0.2) is 5.69 Å². The fourth-order valence-electron chi connectivity index (χ4n) is 2.80. The number of halogens is 6. The molecule has 0 amide bonds. The molecule has 0 radical (unpaired) electrons. The molecule has 2 aromatic heterocycles. The van der Waals surface area contributed by atoms with Crippen molar-refractivity contribution < 1.29 is 26.3 Å². The van der Waals surface area contributed by atoms with E-state index in [1.165, 1.54) is 0 Å². The SMILES string of the molecule is CCCCc1ccc(-c2cc(C(F)(F)F)cc(-c3cc(C(F)(F)F)n[nH]3)n2)cc1. The Bertz CT molecular complexity index is 971. The number of aromatic nitrogens is 3. The molecule has 0 bridgehead atoms. The second-order valence-electron chi connectivity index (χ2n) is 6.59. The summed E-state index contributed by atoms with van der Waals surface area (Å²) in [7, 11) is 0. The highest BCUT2D eigenvalue weighted by Gasteiger charge is 2.35. The summed E-state index contributed by atoms with van der Waals surface area (Å²) in [5, 5.41) is 5.25. The van der Waals surface area contributed by atoms with Gasteiger partial charge < -0.3 is 0 Å². The smallest absolute Gasteiger partial charge is 0.276 e. The lowest BCUT2D eigenvalue weighted by molar-refractivity contribution is -0.141. The van der Waals surface area contributed by atoms with Crippen molar-refractivity contribution in [1.82, 2.24) is 15.2 Å². The summed E-state index contributed by atoms with van der Waals surface area (Å²) in [5.41, 5.74) is -1.25. The van der Waals surface area contributed by atoms with E-state index in [9.17, 15) is 26.3 Å². The molecule has 0 aliphatic carbocycles. The molecule has 0 aliphatic heterocycles. The maximum Gasteiger partial charge on any atom is 0.435 e. The van der Waals surface area contributed by atoms with Gasteiger partial charge in [0.1, 0.15) is 0 Å². The summed E-state index contributed by atoms with van der Waals surface area (Å²) >= 11 is 0. The molecule has 3 rings (SSSR count). The van der Waals surface area contributed by atoms with Crippen molar-refractivity contribution >= 4 is 0 Å². The minimum atomic E-state index is -4.71. The second kappa shape index (κ2) is 7.88. The molecule has 0 saturated carbocycles. The normalized spacial score (nSPS) is 12.4. The van der Waals surface area contributed by atoms with Crippen LogP contribution in [0.25, 0.3) is 22.6 Å². The number of alkyl halides is 6. The van der Waals surface area contributed by atoms with E-state index in [0.717, 1.165) is 30.9 Å². The lowest BCUT2D eigenvalue weighted by Gasteiger charge is -2.11. The lowest BCUT2D eigenvalue weighted by Crippen LogP contribution is -2.06. The molecule has 2 heterocycles. The van der Waals surface area contributed by atoms with Gasteiger partial charge in [-0.05, 0) is 36.6 Å². The van der Waals surface area contributed by atoms with Gasteiger partial charge in [-0.15, -0.1) is 0 Å². The third-order valence-electron chi connectivity index (χ3n) is 4.37. The number of pyridine rings is 1. The van der Waals surface area contributed by atoms with Gasteiger partial charge in [-0.1, -0.05) is 37.6 Å².